The number of amides is 2. The molecular formula is C14H11F4N3O3S. The van der Waals surface area contributed by atoms with E-state index in [4.69, 9.17) is 0 Å². The van der Waals surface area contributed by atoms with E-state index < -0.39 is 37.1 Å². The fourth-order valence-electron chi connectivity index (χ4n) is 1.60. The van der Waals surface area contributed by atoms with Crippen LogP contribution in [0.15, 0.2) is 29.6 Å². The summed E-state index contributed by atoms with van der Waals surface area (Å²) >= 11 is 1.10. The van der Waals surface area contributed by atoms with Crippen LogP contribution in [0.5, 0.6) is 0 Å². The smallest absolute Gasteiger partial charge is 0.422 e. The summed E-state index contributed by atoms with van der Waals surface area (Å²) in [7, 11) is 0. The quantitative estimate of drug-likeness (QED) is 0.785. The number of rotatable bonds is 5. The lowest BCUT2D eigenvalue weighted by atomic mass is 10.2. The van der Waals surface area contributed by atoms with E-state index in [2.05, 4.69) is 15.0 Å². The second-order valence-corrected chi connectivity index (χ2v) is 5.50. The van der Waals surface area contributed by atoms with Crippen LogP contribution in [0.2, 0.25) is 0 Å². The molecule has 0 spiro atoms. The molecule has 2 N–H and O–H groups in total. The zero-order valence-corrected chi connectivity index (χ0v) is 13.2. The number of alkyl carbamates (subject to hydrolysis) is 1. The molecule has 0 aliphatic carbocycles. The second-order valence-electron chi connectivity index (χ2n) is 4.64. The van der Waals surface area contributed by atoms with Crippen LogP contribution in [-0.2, 0) is 9.53 Å². The van der Waals surface area contributed by atoms with Crippen LogP contribution in [0.25, 0.3) is 11.3 Å². The van der Waals surface area contributed by atoms with Gasteiger partial charge in [0, 0.05) is 10.9 Å². The summed E-state index contributed by atoms with van der Waals surface area (Å²) in [4.78, 5) is 26.7. The van der Waals surface area contributed by atoms with E-state index in [1.807, 2.05) is 5.32 Å². The Morgan fingerprint density at radius 1 is 1.20 bits per heavy atom. The molecule has 0 fully saturated rings. The van der Waals surface area contributed by atoms with Gasteiger partial charge in [-0.15, -0.1) is 11.3 Å². The summed E-state index contributed by atoms with van der Waals surface area (Å²) < 4.78 is 52.3. The molecule has 1 aromatic carbocycles. The van der Waals surface area contributed by atoms with E-state index in [0.717, 1.165) is 11.3 Å². The van der Waals surface area contributed by atoms with E-state index in [9.17, 15) is 27.2 Å². The van der Waals surface area contributed by atoms with Crippen LogP contribution in [0, 0.1) is 5.82 Å². The maximum Gasteiger partial charge on any atom is 0.422 e. The van der Waals surface area contributed by atoms with Crippen molar-refractivity contribution in [2.75, 3.05) is 18.5 Å². The number of nitrogens with one attached hydrogen (secondary N) is 2. The molecule has 0 atom stereocenters. The van der Waals surface area contributed by atoms with Crippen LogP contribution in [0.1, 0.15) is 0 Å². The van der Waals surface area contributed by atoms with Crippen molar-refractivity contribution in [3.8, 4) is 11.3 Å². The molecule has 0 saturated heterocycles. The number of nitrogens with zero attached hydrogens (tertiary/aromatic N) is 1. The minimum Gasteiger partial charge on any atom is -0.440 e. The Balaban J connectivity index is 1.81. The Kier molecular flexibility index (Phi) is 5.91. The lowest BCUT2D eigenvalue weighted by Crippen LogP contribution is -2.35. The van der Waals surface area contributed by atoms with Gasteiger partial charge in [-0.1, -0.05) is 0 Å². The number of thiazole rings is 1. The molecule has 1 heterocycles. The third kappa shape index (κ3) is 6.37. The van der Waals surface area contributed by atoms with Gasteiger partial charge in [-0.05, 0) is 24.3 Å². The first-order chi connectivity index (χ1) is 11.7. The van der Waals surface area contributed by atoms with Crippen molar-refractivity contribution in [2.24, 2.45) is 0 Å². The molecule has 25 heavy (non-hydrogen) atoms. The SMILES string of the molecule is O=C(CNC(=O)OCC(F)(F)F)Nc1nc(-c2ccc(F)cc2)cs1. The van der Waals surface area contributed by atoms with Crippen LogP contribution in [-0.4, -0.2) is 36.3 Å². The zero-order chi connectivity index (χ0) is 18.4. The van der Waals surface area contributed by atoms with E-state index in [-0.39, 0.29) is 5.13 Å². The second kappa shape index (κ2) is 7.92. The monoisotopic (exact) mass is 377 g/mol. The number of hydrogen-bond acceptors (Lipinski definition) is 5. The molecule has 0 aliphatic heterocycles. The lowest BCUT2D eigenvalue weighted by Gasteiger charge is -2.08. The number of carbonyl (C=O) groups excluding carboxylic acids is 2. The topological polar surface area (TPSA) is 80.3 Å². The number of halogens is 4. The van der Waals surface area contributed by atoms with Crippen molar-refractivity contribution in [3.63, 3.8) is 0 Å². The molecule has 2 rings (SSSR count). The first kappa shape index (κ1) is 18.6. The highest BCUT2D eigenvalue weighted by molar-refractivity contribution is 7.14. The Morgan fingerprint density at radius 3 is 2.52 bits per heavy atom. The van der Waals surface area contributed by atoms with Crippen molar-refractivity contribution in [1.82, 2.24) is 10.3 Å². The molecule has 2 amide bonds. The minimum atomic E-state index is -4.64. The normalized spacial score (nSPS) is 11.0. The van der Waals surface area contributed by atoms with Gasteiger partial charge in [0.1, 0.15) is 12.4 Å². The largest absolute Gasteiger partial charge is 0.440 e. The van der Waals surface area contributed by atoms with Gasteiger partial charge in [0.05, 0.1) is 5.69 Å². The zero-order valence-electron chi connectivity index (χ0n) is 12.4. The van der Waals surface area contributed by atoms with Crippen molar-refractivity contribution in [1.29, 1.82) is 0 Å². The fraction of sp³-hybridized carbons (Fsp3) is 0.214. The summed E-state index contributed by atoms with van der Waals surface area (Å²) in [6, 6.07) is 5.58. The average Bonchev–Trinajstić information content (AvgIpc) is 2.99. The number of benzene rings is 1. The molecule has 2 aromatic rings. The van der Waals surface area contributed by atoms with Gasteiger partial charge in [0.2, 0.25) is 5.91 Å². The Labute approximate surface area is 142 Å². The van der Waals surface area contributed by atoms with Crippen molar-refractivity contribution in [2.45, 2.75) is 6.18 Å². The van der Waals surface area contributed by atoms with Crippen molar-refractivity contribution >= 4 is 28.5 Å². The maximum atomic E-state index is 12.9. The van der Waals surface area contributed by atoms with E-state index in [0.29, 0.717) is 11.3 Å². The summed E-state index contributed by atoms with van der Waals surface area (Å²) in [5.74, 6) is -1.08. The summed E-state index contributed by atoms with van der Waals surface area (Å²) in [6.45, 7) is -2.32. The third-order valence-electron chi connectivity index (χ3n) is 2.65. The molecular weight excluding hydrogens is 366 g/mol. The molecule has 0 radical (unpaired) electrons. The van der Waals surface area contributed by atoms with E-state index in [1.54, 1.807) is 5.38 Å². The van der Waals surface area contributed by atoms with Gasteiger partial charge in [-0.2, -0.15) is 13.2 Å². The van der Waals surface area contributed by atoms with E-state index in [1.165, 1.54) is 24.3 Å². The van der Waals surface area contributed by atoms with Crippen molar-refractivity contribution in [3.05, 3.63) is 35.5 Å². The third-order valence-corrected chi connectivity index (χ3v) is 3.41. The average molecular weight is 377 g/mol. The molecule has 0 saturated carbocycles. The van der Waals surface area contributed by atoms with Crippen LogP contribution in [0.3, 0.4) is 0 Å². The van der Waals surface area contributed by atoms with Gasteiger partial charge >= 0.3 is 12.3 Å². The van der Waals surface area contributed by atoms with Crippen molar-refractivity contribution < 1.29 is 31.9 Å². The van der Waals surface area contributed by atoms with E-state index >= 15 is 0 Å². The molecule has 134 valence electrons. The number of carbonyl (C=O) groups is 2. The van der Waals surface area contributed by atoms with Crippen LogP contribution >= 0.6 is 11.3 Å². The highest BCUT2D eigenvalue weighted by Gasteiger charge is 2.29. The molecule has 0 unspecified atom stereocenters. The van der Waals surface area contributed by atoms with Gasteiger partial charge < -0.3 is 15.4 Å². The summed E-state index contributed by atoms with van der Waals surface area (Å²) in [6.07, 6.45) is -6.00. The number of hydrogen-bond donors (Lipinski definition) is 2. The van der Waals surface area contributed by atoms with Crippen LogP contribution < -0.4 is 10.6 Å². The Morgan fingerprint density at radius 2 is 1.88 bits per heavy atom. The predicted octanol–water partition coefficient (Wildman–Crippen LogP) is 3.18. The highest BCUT2D eigenvalue weighted by atomic mass is 32.1. The Bertz CT molecular complexity index is 747. The van der Waals surface area contributed by atoms with Crippen LogP contribution in [0.4, 0.5) is 27.5 Å². The maximum absolute atomic E-state index is 12.9. The molecule has 6 nitrogen and oxygen atoms in total. The molecule has 11 heteroatoms. The predicted molar refractivity (Wildman–Crippen MR) is 81.5 cm³/mol. The number of ether oxygens (including phenoxy) is 1. The number of alkyl halides is 3. The summed E-state index contributed by atoms with van der Waals surface area (Å²) in [5.41, 5.74) is 1.16. The number of aromatic nitrogens is 1. The standard InChI is InChI=1S/C14H11F4N3O3S/c15-9-3-1-8(2-4-9)10-6-25-12(20-10)21-11(22)5-19-13(23)24-7-14(16,17)18/h1-4,6H,5,7H2,(H,19,23)(H,20,21,22). The van der Waals surface area contributed by atoms with Gasteiger partial charge in [0.15, 0.2) is 11.7 Å². The fourth-order valence-corrected chi connectivity index (χ4v) is 2.33. The van der Waals surface area contributed by atoms with Gasteiger partial charge in [0.25, 0.3) is 0 Å². The lowest BCUT2D eigenvalue weighted by molar-refractivity contribution is -0.160. The Hall–Kier alpha value is -2.69. The summed E-state index contributed by atoms with van der Waals surface area (Å²) in [5, 5.41) is 6.11. The molecule has 0 bridgehead atoms. The van der Waals surface area contributed by atoms with Gasteiger partial charge in [-0.3, -0.25) is 4.79 Å². The number of anilines is 1. The minimum absolute atomic E-state index is 0.217. The van der Waals surface area contributed by atoms with Gasteiger partial charge in [-0.25, -0.2) is 14.2 Å². The highest BCUT2D eigenvalue weighted by Crippen LogP contribution is 2.24. The first-order valence-corrected chi connectivity index (χ1v) is 7.59. The molecule has 0 aliphatic rings. The molecule has 1 aromatic heterocycles. The first-order valence-electron chi connectivity index (χ1n) is 6.71.